The van der Waals surface area contributed by atoms with Gasteiger partial charge in [0.15, 0.2) is 0 Å². The van der Waals surface area contributed by atoms with Gasteiger partial charge < -0.3 is 14.8 Å². The van der Waals surface area contributed by atoms with Crippen LogP contribution >= 0.6 is 0 Å². The van der Waals surface area contributed by atoms with E-state index in [1.807, 2.05) is 38.1 Å². The predicted molar refractivity (Wildman–Crippen MR) is 96.3 cm³/mol. The molecule has 2 aromatic rings. The molecule has 0 saturated heterocycles. The molecule has 0 aliphatic rings. The molecule has 25 heavy (non-hydrogen) atoms. The minimum atomic E-state index is -1.03. The molecule has 2 rings (SSSR count). The topological polar surface area (TPSA) is 64.6 Å². The highest BCUT2D eigenvalue weighted by Crippen LogP contribution is 2.22. The number of benzene rings is 2. The quantitative estimate of drug-likeness (QED) is 0.782. The van der Waals surface area contributed by atoms with E-state index in [4.69, 9.17) is 9.47 Å². The second kappa shape index (κ2) is 8.99. The largest absolute Gasteiger partial charge is 0.446 e. The third kappa shape index (κ3) is 5.43. The van der Waals surface area contributed by atoms with E-state index in [1.165, 1.54) is 0 Å². The third-order valence-corrected chi connectivity index (χ3v) is 3.66. The van der Waals surface area contributed by atoms with Crippen molar-refractivity contribution in [3.05, 3.63) is 65.2 Å². The lowest BCUT2D eigenvalue weighted by atomic mass is 10.1. The maximum atomic E-state index is 12.8. The standard InChI is InChI=1S/C20H23NO4/c1-4-24-13-18(22)25-19(16-8-6-5-7-9-16)20(23)21-17-12-14(2)10-11-15(17)3/h5-12,19H,4,13H2,1-3H3,(H,21,23)/t19-/m1/s1. The summed E-state index contributed by atoms with van der Waals surface area (Å²) in [5.41, 5.74) is 3.28. The highest BCUT2D eigenvalue weighted by molar-refractivity contribution is 5.96. The number of hydrogen-bond donors (Lipinski definition) is 1. The van der Waals surface area contributed by atoms with Crippen LogP contribution in [0.4, 0.5) is 5.69 Å². The first-order chi connectivity index (χ1) is 12.0. The summed E-state index contributed by atoms with van der Waals surface area (Å²) in [4.78, 5) is 24.7. The maximum absolute atomic E-state index is 12.8. The Morgan fingerprint density at radius 3 is 2.48 bits per heavy atom. The van der Waals surface area contributed by atoms with E-state index in [2.05, 4.69) is 5.32 Å². The Labute approximate surface area is 148 Å². The summed E-state index contributed by atoms with van der Waals surface area (Å²) in [5.74, 6) is -0.975. The number of hydrogen-bond acceptors (Lipinski definition) is 4. The molecule has 1 amide bonds. The second-order valence-corrected chi connectivity index (χ2v) is 5.73. The van der Waals surface area contributed by atoms with E-state index in [-0.39, 0.29) is 6.61 Å². The Morgan fingerprint density at radius 2 is 1.80 bits per heavy atom. The molecule has 0 heterocycles. The zero-order chi connectivity index (χ0) is 18.2. The summed E-state index contributed by atoms with van der Waals surface area (Å²) in [6.45, 7) is 5.87. The van der Waals surface area contributed by atoms with E-state index in [0.717, 1.165) is 11.1 Å². The van der Waals surface area contributed by atoms with Crippen molar-refractivity contribution >= 4 is 17.6 Å². The number of ether oxygens (including phenoxy) is 2. The number of nitrogens with one attached hydrogen (secondary N) is 1. The number of esters is 1. The molecule has 0 bridgehead atoms. The number of carbonyl (C=O) groups excluding carboxylic acids is 2. The predicted octanol–water partition coefficient (Wildman–Crippen LogP) is 3.56. The van der Waals surface area contributed by atoms with Crippen LogP contribution in [0.3, 0.4) is 0 Å². The summed E-state index contributed by atoms with van der Waals surface area (Å²) in [6, 6.07) is 14.7. The van der Waals surface area contributed by atoms with Gasteiger partial charge in [0.1, 0.15) is 6.61 Å². The summed E-state index contributed by atoms with van der Waals surface area (Å²) in [5, 5.41) is 2.85. The van der Waals surface area contributed by atoms with Crippen molar-refractivity contribution < 1.29 is 19.1 Å². The molecule has 132 valence electrons. The van der Waals surface area contributed by atoms with Gasteiger partial charge in [0.2, 0.25) is 6.10 Å². The number of aryl methyl sites for hydroxylation is 2. The fourth-order valence-electron chi connectivity index (χ4n) is 2.32. The van der Waals surface area contributed by atoms with Crippen LogP contribution in [0.5, 0.6) is 0 Å². The van der Waals surface area contributed by atoms with Crippen LogP contribution in [0.15, 0.2) is 48.5 Å². The van der Waals surface area contributed by atoms with Gasteiger partial charge in [0, 0.05) is 17.9 Å². The first-order valence-corrected chi connectivity index (χ1v) is 8.21. The van der Waals surface area contributed by atoms with Crippen LogP contribution < -0.4 is 5.32 Å². The first-order valence-electron chi connectivity index (χ1n) is 8.21. The lowest BCUT2D eigenvalue weighted by molar-refractivity contribution is -0.159. The van der Waals surface area contributed by atoms with Crippen LogP contribution in [0, 0.1) is 13.8 Å². The molecule has 1 N–H and O–H groups in total. The van der Waals surface area contributed by atoms with Gasteiger partial charge in [0.05, 0.1) is 0 Å². The van der Waals surface area contributed by atoms with Gasteiger partial charge in [-0.15, -0.1) is 0 Å². The molecule has 5 nitrogen and oxygen atoms in total. The van der Waals surface area contributed by atoms with Gasteiger partial charge in [-0.1, -0.05) is 42.5 Å². The Hall–Kier alpha value is -2.66. The Bertz CT molecular complexity index is 728. The van der Waals surface area contributed by atoms with E-state index in [1.54, 1.807) is 31.2 Å². The average Bonchev–Trinajstić information content (AvgIpc) is 2.61. The fourth-order valence-corrected chi connectivity index (χ4v) is 2.32. The SMILES string of the molecule is CCOCC(=O)O[C@@H](C(=O)Nc1cc(C)ccc1C)c1ccccc1. The summed E-state index contributed by atoms with van der Waals surface area (Å²) in [7, 11) is 0. The number of carbonyl (C=O) groups is 2. The molecule has 0 spiro atoms. The summed E-state index contributed by atoms with van der Waals surface area (Å²) >= 11 is 0. The third-order valence-electron chi connectivity index (χ3n) is 3.66. The van der Waals surface area contributed by atoms with Crippen LogP contribution in [0.2, 0.25) is 0 Å². The van der Waals surface area contributed by atoms with Crippen molar-refractivity contribution in [3.8, 4) is 0 Å². The Balaban J connectivity index is 2.20. The second-order valence-electron chi connectivity index (χ2n) is 5.73. The number of amides is 1. The van der Waals surface area contributed by atoms with Crippen molar-refractivity contribution in [2.45, 2.75) is 26.9 Å². The number of anilines is 1. The molecule has 0 unspecified atom stereocenters. The molecule has 0 aliphatic heterocycles. The van der Waals surface area contributed by atoms with Crippen LogP contribution in [0.1, 0.15) is 29.7 Å². The van der Waals surface area contributed by atoms with E-state index >= 15 is 0 Å². The molecule has 0 fully saturated rings. The van der Waals surface area contributed by atoms with E-state index < -0.39 is 18.0 Å². The van der Waals surface area contributed by atoms with E-state index in [0.29, 0.717) is 17.9 Å². The molecule has 0 saturated carbocycles. The normalized spacial score (nSPS) is 11.6. The summed E-state index contributed by atoms with van der Waals surface area (Å²) < 4.78 is 10.4. The molecule has 1 atom stereocenters. The van der Waals surface area contributed by atoms with Crippen LogP contribution in [-0.2, 0) is 19.1 Å². The molecule has 2 aromatic carbocycles. The van der Waals surface area contributed by atoms with Crippen molar-refractivity contribution in [1.82, 2.24) is 0 Å². The lowest BCUT2D eigenvalue weighted by Crippen LogP contribution is -2.27. The average molecular weight is 341 g/mol. The smallest absolute Gasteiger partial charge is 0.333 e. The van der Waals surface area contributed by atoms with E-state index in [9.17, 15) is 9.59 Å². The van der Waals surface area contributed by atoms with Crippen LogP contribution in [0.25, 0.3) is 0 Å². The van der Waals surface area contributed by atoms with Gasteiger partial charge >= 0.3 is 5.97 Å². The first kappa shape index (κ1) is 18.7. The van der Waals surface area contributed by atoms with Crippen molar-refractivity contribution in [3.63, 3.8) is 0 Å². The van der Waals surface area contributed by atoms with Gasteiger partial charge in [-0.3, -0.25) is 4.79 Å². The molecule has 5 heteroatoms. The maximum Gasteiger partial charge on any atom is 0.333 e. The molecular formula is C20H23NO4. The molecule has 0 aromatic heterocycles. The van der Waals surface area contributed by atoms with Gasteiger partial charge in [0.25, 0.3) is 5.91 Å². The Morgan fingerprint density at radius 1 is 1.08 bits per heavy atom. The van der Waals surface area contributed by atoms with Crippen LogP contribution in [-0.4, -0.2) is 25.1 Å². The molecule has 0 radical (unpaired) electrons. The van der Waals surface area contributed by atoms with Gasteiger partial charge in [-0.05, 0) is 38.0 Å². The fraction of sp³-hybridized carbons (Fsp3) is 0.300. The molecular weight excluding hydrogens is 318 g/mol. The lowest BCUT2D eigenvalue weighted by Gasteiger charge is -2.19. The minimum Gasteiger partial charge on any atom is -0.446 e. The minimum absolute atomic E-state index is 0.184. The van der Waals surface area contributed by atoms with Gasteiger partial charge in [-0.2, -0.15) is 0 Å². The zero-order valence-corrected chi connectivity index (χ0v) is 14.7. The monoisotopic (exact) mass is 341 g/mol. The zero-order valence-electron chi connectivity index (χ0n) is 14.7. The summed E-state index contributed by atoms with van der Waals surface area (Å²) in [6.07, 6.45) is -1.03. The Kier molecular flexibility index (Phi) is 6.71. The van der Waals surface area contributed by atoms with Crippen molar-refractivity contribution in [2.75, 3.05) is 18.5 Å². The van der Waals surface area contributed by atoms with Crippen molar-refractivity contribution in [2.24, 2.45) is 0 Å². The highest BCUT2D eigenvalue weighted by Gasteiger charge is 2.25. The van der Waals surface area contributed by atoms with Gasteiger partial charge in [-0.25, -0.2) is 4.79 Å². The highest BCUT2D eigenvalue weighted by atomic mass is 16.6. The molecule has 0 aliphatic carbocycles. The number of rotatable bonds is 7. The van der Waals surface area contributed by atoms with Crippen molar-refractivity contribution in [1.29, 1.82) is 0 Å².